The number of hydrogen-bond acceptors (Lipinski definition) is 5. The molecule has 0 bridgehead atoms. The first-order chi connectivity index (χ1) is 7.78. The lowest BCUT2D eigenvalue weighted by Crippen LogP contribution is -2.45. The minimum Gasteiger partial charge on any atom is -0.390 e. The summed E-state index contributed by atoms with van der Waals surface area (Å²) in [6.45, 7) is 6.34. The van der Waals surface area contributed by atoms with Gasteiger partial charge in [-0.1, -0.05) is 5.21 Å². The van der Waals surface area contributed by atoms with Crippen LogP contribution in [-0.4, -0.2) is 69.7 Å². The van der Waals surface area contributed by atoms with Crippen molar-refractivity contribution in [3.63, 3.8) is 0 Å². The van der Waals surface area contributed by atoms with E-state index in [0.29, 0.717) is 5.69 Å². The van der Waals surface area contributed by atoms with Gasteiger partial charge >= 0.3 is 0 Å². The van der Waals surface area contributed by atoms with Gasteiger partial charge in [-0.15, -0.1) is 5.10 Å². The molecule has 1 fully saturated rings. The second kappa shape index (κ2) is 5.38. The van der Waals surface area contributed by atoms with Gasteiger partial charge in [-0.25, -0.2) is 0 Å². The van der Waals surface area contributed by atoms with Gasteiger partial charge in [-0.2, -0.15) is 0 Å². The van der Waals surface area contributed by atoms with E-state index in [0.717, 1.165) is 39.3 Å². The predicted octanol–water partition coefficient (Wildman–Crippen LogP) is -0.982. The van der Waals surface area contributed by atoms with Crippen LogP contribution >= 0.6 is 0 Å². The molecule has 2 heterocycles. The Morgan fingerprint density at radius 2 is 2.00 bits per heavy atom. The minimum atomic E-state index is -0.0332. The van der Waals surface area contributed by atoms with Crippen molar-refractivity contribution in [3.05, 3.63) is 11.9 Å². The number of aliphatic hydroxyl groups is 1. The van der Waals surface area contributed by atoms with Crippen LogP contribution < -0.4 is 0 Å². The Hall–Kier alpha value is -0.980. The number of aliphatic hydroxyl groups excluding tert-OH is 1. The van der Waals surface area contributed by atoms with Gasteiger partial charge in [-0.05, 0) is 7.05 Å². The van der Waals surface area contributed by atoms with E-state index in [1.807, 2.05) is 0 Å². The summed E-state index contributed by atoms with van der Waals surface area (Å²) >= 11 is 0. The summed E-state index contributed by atoms with van der Waals surface area (Å²) in [6.07, 6.45) is 1.80. The highest BCUT2D eigenvalue weighted by Gasteiger charge is 2.13. The first kappa shape index (κ1) is 11.5. The molecule has 0 radical (unpaired) electrons. The monoisotopic (exact) mass is 225 g/mol. The van der Waals surface area contributed by atoms with E-state index in [1.54, 1.807) is 10.9 Å². The highest BCUT2D eigenvalue weighted by atomic mass is 16.3. The largest absolute Gasteiger partial charge is 0.390 e. The fourth-order valence-corrected chi connectivity index (χ4v) is 1.84. The van der Waals surface area contributed by atoms with Crippen molar-refractivity contribution in [1.82, 2.24) is 24.8 Å². The van der Waals surface area contributed by atoms with E-state index in [1.165, 1.54) is 0 Å². The van der Waals surface area contributed by atoms with Gasteiger partial charge in [0.15, 0.2) is 0 Å². The van der Waals surface area contributed by atoms with E-state index in [9.17, 15) is 0 Å². The molecule has 0 unspecified atom stereocenters. The summed E-state index contributed by atoms with van der Waals surface area (Å²) in [7, 11) is 2.16. The molecule has 90 valence electrons. The Morgan fingerprint density at radius 1 is 1.25 bits per heavy atom. The van der Waals surface area contributed by atoms with Crippen molar-refractivity contribution in [2.45, 2.75) is 13.2 Å². The number of likely N-dealkylation sites (N-methyl/N-ethyl adjacent to an activating group) is 1. The third-order valence-electron chi connectivity index (χ3n) is 2.99. The van der Waals surface area contributed by atoms with Crippen LogP contribution in [0.3, 0.4) is 0 Å². The average Bonchev–Trinajstić information content (AvgIpc) is 2.76. The highest BCUT2D eigenvalue weighted by Crippen LogP contribution is 2.00. The van der Waals surface area contributed by atoms with Gasteiger partial charge in [-0.3, -0.25) is 9.58 Å². The standard InChI is InChI=1S/C10H19N5O/c1-13-2-4-14(5-3-13)6-7-15-8-10(9-16)11-12-15/h8,16H,2-7,9H2,1H3. The zero-order valence-corrected chi connectivity index (χ0v) is 9.71. The Balaban J connectivity index is 1.74. The van der Waals surface area contributed by atoms with Crippen molar-refractivity contribution >= 4 is 0 Å². The van der Waals surface area contributed by atoms with Crippen molar-refractivity contribution in [2.24, 2.45) is 0 Å². The maximum absolute atomic E-state index is 8.87. The first-order valence-electron chi connectivity index (χ1n) is 5.68. The van der Waals surface area contributed by atoms with E-state index < -0.39 is 0 Å². The summed E-state index contributed by atoms with van der Waals surface area (Å²) in [5.74, 6) is 0. The molecule has 0 spiro atoms. The minimum absolute atomic E-state index is 0.0332. The van der Waals surface area contributed by atoms with Crippen LogP contribution in [0, 0.1) is 0 Å². The van der Waals surface area contributed by atoms with Gasteiger partial charge in [0.25, 0.3) is 0 Å². The second-order valence-electron chi connectivity index (χ2n) is 4.28. The summed E-state index contributed by atoms with van der Waals surface area (Å²) in [6, 6.07) is 0. The lowest BCUT2D eigenvalue weighted by molar-refractivity contribution is 0.148. The first-order valence-corrected chi connectivity index (χ1v) is 5.68. The van der Waals surface area contributed by atoms with E-state index in [4.69, 9.17) is 5.11 Å². The van der Waals surface area contributed by atoms with Gasteiger partial charge in [0, 0.05) is 32.7 Å². The quantitative estimate of drug-likeness (QED) is 0.713. The highest BCUT2D eigenvalue weighted by molar-refractivity contribution is 4.88. The zero-order chi connectivity index (χ0) is 11.4. The second-order valence-corrected chi connectivity index (χ2v) is 4.28. The topological polar surface area (TPSA) is 57.4 Å². The molecule has 0 amide bonds. The molecule has 1 N–H and O–H groups in total. The summed E-state index contributed by atoms with van der Waals surface area (Å²) in [4.78, 5) is 4.77. The van der Waals surface area contributed by atoms with Crippen LogP contribution in [0.2, 0.25) is 0 Å². The predicted molar refractivity (Wildman–Crippen MR) is 59.9 cm³/mol. The number of rotatable bonds is 4. The molecule has 0 saturated carbocycles. The maximum Gasteiger partial charge on any atom is 0.108 e. The molecule has 1 aromatic heterocycles. The van der Waals surface area contributed by atoms with Gasteiger partial charge in [0.2, 0.25) is 0 Å². The molecular formula is C10H19N5O. The number of nitrogens with zero attached hydrogens (tertiary/aromatic N) is 5. The SMILES string of the molecule is CN1CCN(CCn2cc(CO)nn2)CC1. The molecule has 1 saturated heterocycles. The molecule has 0 aromatic carbocycles. The lowest BCUT2D eigenvalue weighted by atomic mass is 10.3. The lowest BCUT2D eigenvalue weighted by Gasteiger charge is -2.32. The zero-order valence-electron chi connectivity index (χ0n) is 9.71. The molecule has 1 aliphatic heterocycles. The third-order valence-corrected chi connectivity index (χ3v) is 2.99. The van der Waals surface area contributed by atoms with E-state index in [2.05, 4.69) is 27.2 Å². The molecule has 1 aliphatic rings. The van der Waals surface area contributed by atoms with Crippen LogP contribution in [0.1, 0.15) is 5.69 Å². The van der Waals surface area contributed by atoms with Crippen molar-refractivity contribution in [3.8, 4) is 0 Å². The van der Waals surface area contributed by atoms with E-state index >= 15 is 0 Å². The Kier molecular flexibility index (Phi) is 3.87. The Morgan fingerprint density at radius 3 is 2.62 bits per heavy atom. The fraction of sp³-hybridized carbons (Fsp3) is 0.800. The molecule has 1 aromatic rings. The molecule has 2 rings (SSSR count). The smallest absolute Gasteiger partial charge is 0.108 e. The van der Waals surface area contributed by atoms with Crippen molar-refractivity contribution in [1.29, 1.82) is 0 Å². The van der Waals surface area contributed by atoms with Crippen molar-refractivity contribution in [2.75, 3.05) is 39.8 Å². The van der Waals surface area contributed by atoms with Crippen LogP contribution in [0.4, 0.5) is 0 Å². The average molecular weight is 225 g/mol. The molecule has 6 nitrogen and oxygen atoms in total. The number of hydrogen-bond donors (Lipinski definition) is 1. The maximum atomic E-state index is 8.87. The summed E-state index contributed by atoms with van der Waals surface area (Å²) < 4.78 is 1.80. The van der Waals surface area contributed by atoms with Crippen LogP contribution in [0.25, 0.3) is 0 Å². The third kappa shape index (κ3) is 3.01. The molecule has 0 atom stereocenters. The van der Waals surface area contributed by atoms with Gasteiger partial charge in [0.05, 0.1) is 19.3 Å². The Labute approximate surface area is 95.5 Å². The van der Waals surface area contributed by atoms with Gasteiger partial charge < -0.3 is 10.0 Å². The van der Waals surface area contributed by atoms with E-state index in [-0.39, 0.29) is 6.61 Å². The molecule has 16 heavy (non-hydrogen) atoms. The molecule has 0 aliphatic carbocycles. The number of aromatic nitrogens is 3. The normalized spacial score (nSPS) is 19.1. The summed E-state index contributed by atoms with van der Waals surface area (Å²) in [5, 5.41) is 16.7. The molecular weight excluding hydrogens is 206 g/mol. The summed E-state index contributed by atoms with van der Waals surface area (Å²) in [5.41, 5.74) is 0.637. The Bertz CT molecular complexity index is 319. The van der Waals surface area contributed by atoms with Crippen LogP contribution in [0.15, 0.2) is 6.20 Å². The molecule has 6 heteroatoms. The van der Waals surface area contributed by atoms with Crippen molar-refractivity contribution < 1.29 is 5.11 Å². The fourth-order valence-electron chi connectivity index (χ4n) is 1.84. The van der Waals surface area contributed by atoms with Crippen LogP contribution in [0.5, 0.6) is 0 Å². The number of piperazine rings is 1. The van der Waals surface area contributed by atoms with Crippen LogP contribution in [-0.2, 0) is 13.2 Å². The van der Waals surface area contributed by atoms with Gasteiger partial charge in [0.1, 0.15) is 5.69 Å².